The van der Waals surface area contributed by atoms with Crippen LogP contribution >= 0.6 is 0 Å². The Kier molecular flexibility index (Phi) is 3.29. The third-order valence-electron chi connectivity index (χ3n) is 1.84. The molecule has 80 valence electrons. The first kappa shape index (κ1) is 11.5. The van der Waals surface area contributed by atoms with E-state index in [4.69, 9.17) is 11.0 Å². The summed E-state index contributed by atoms with van der Waals surface area (Å²) < 4.78 is 27.0. The maximum Gasteiger partial charge on any atom is 0.189 e. The molecule has 0 amide bonds. The first-order chi connectivity index (χ1) is 7.01. The summed E-state index contributed by atoms with van der Waals surface area (Å²) >= 11 is 0. The van der Waals surface area contributed by atoms with Crippen LogP contribution in [0.3, 0.4) is 0 Å². The van der Waals surface area contributed by atoms with Gasteiger partial charge >= 0.3 is 0 Å². The van der Waals surface area contributed by atoms with Gasteiger partial charge in [0.05, 0.1) is 14.6 Å². The van der Waals surface area contributed by atoms with Crippen LogP contribution in [0.15, 0.2) is 23.1 Å². The SMILES string of the molecule is C=S(=O)(NC#N)c1ccc(CN)c(F)c1. The molecule has 0 fully saturated rings. The Balaban J connectivity index is 3.20. The molecule has 0 saturated carbocycles. The van der Waals surface area contributed by atoms with Gasteiger partial charge in [-0.15, -0.1) is 0 Å². The van der Waals surface area contributed by atoms with E-state index in [-0.39, 0.29) is 11.4 Å². The molecule has 1 aromatic rings. The normalized spacial score (nSPS) is 13.9. The van der Waals surface area contributed by atoms with E-state index in [9.17, 15) is 8.60 Å². The zero-order valence-electron chi connectivity index (χ0n) is 7.87. The standard InChI is InChI=1S/C9H10FN3OS/c1-15(14,13-6-12)8-3-2-7(5-11)9(10)4-8/h2-4H,1,5,11H2,(H,13,14). The molecule has 1 atom stereocenters. The Hall–Kier alpha value is -1.58. The van der Waals surface area contributed by atoms with Gasteiger partial charge < -0.3 is 5.73 Å². The number of rotatable bonds is 3. The summed E-state index contributed by atoms with van der Waals surface area (Å²) in [6.45, 7) is 0.0656. The van der Waals surface area contributed by atoms with E-state index < -0.39 is 15.5 Å². The number of nitrogens with two attached hydrogens (primary N) is 1. The van der Waals surface area contributed by atoms with Crippen LogP contribution in [0.4, 0.5) is 4.39 Å². The van der Waals surface area contributed by atoms with E-state index in [0.29, 0.717) is 5.56 Å². The lowest BCUT2D eigenvalue weighted by atomic mass is 10.2. The highest BCUT2D eigenvalue weighted by atomic mass is 32.2. The van der Waals surface area contributed by atoms with Crippen molar-refractivity contribution in [2.45, 2.75) is 11.4 Å². The lowest BCUT2D eigenvalue weighted by molar-refractivity contribution is 0.605. The van der Waals surface area contributed by atoms with Gasteiger partial charge in [-0.1, -0.05) is 6.07 Å². The topological polar surface area (TPSA) is 78.9 Å². The molecular formula is C9H10FN3OS. The quantitative estimate of drug-likeness (QED) is 0.444. The molecule has 4 nitrogen and oxygen atoms in total. The fraction of sp³-hybridized carbons (Fsp3) is 0.111. The molecule has 15 heavy (non-hydrogen) atoms. The molecule has 1 unspecified atom stereocenters. The molecule has 0 heterocycles. The van der Waals surface area contributed by atoms with E-state index in [0.717, 1.165) is 6.07 Å². The monoisotopic (exact) mass is 227 g/mol. The van der Waals surface area contributed by atoms with Crippen molar-refractivity contribution < 1.29 is 8.60 Å². The van der Waals surface area contributed by atoms with Gasteiger partial charge in [0.1, 0.15) is 5.82 Å². The number of nitriles is 1. The number of nitrogens with one attached hydrogen (secondary N) is 1. The Morgan fingerprint density at radius 2 is 2.33 bits per heavy atom. The van der Waals surface area contributed by atoms with E-state index in [2.05, 4.69) is 5.87 Å². The zero-order chi connectivity index (χ0) is 11.5. The minimum Gasteiger partial charge on any atom is -0.326 e. The average Bonchev–Trinajstić information content (AvgIpc) is 2.17. The Labute approximate surface area is 87.7 Å². The second kappa shape index (κ2) is 4.29. The van der Waals surface area contributed by atoms with Crippen molar-refractivity contribution in [2.24, 2.45) is 5.73 Å². The summed E-state index contributed by atoms with van der Waals surface area (Å²) in [5.41, 5.74) is 5.60. The number of hydrogen-bond donors (Lipinski definition) is 2. The van der Waals surface area contributed by atoms with E-state index in [1.165, 1.54) is 18.3 Å². The van der Waals surface area contributed by atoms with Crippen molar-refractivity contribution in [1.82, 2.24) is 4.72 Å². The third kappa shape index (κ3) is 2.46. The van der Waals surface area contributed by atoms with Crippen LogP contribution in [0.5, 0.6) is 0 Å². The fourth-order valence-corrected chi connectivity index (χ4v) is 1.88. The molecule has 0 radical (unpaired) electrons. The molecule has 0 aliphatic heterocycles. The summed E-state index contributed by atoms with van der Waals surface area (Å²) in [5.74, 6) is 2.77. The van der Waals surface area contributed by atoms with Crippen molar-refractivity contribution in [1.29, 1.82) is 5.26 Å². The molecule has 3 N–H and O–H groups in total. The Bertz CT molecular complexity index is 505. The Morgan fingerprint density at radius 1 is 1.67 bits per heavy atom. The second-order valence-electron chi connectivity index (χ2n) is 2.85. The van der Waals surface area contributed by atoms with Crippen LogP contribution < -0.4 is 10.5 Å². The van der Waals surface area contributed by atoms with Gasteiger partial charge in [-0.2, -0.15) is 5.26 Å². The highest BCUT2D eigenvalue weighted by Gasteiger charge is 2.09. The van der Waals surface area contributed by atoms with Gasteiger partial charge in [0.25, 0.3) is 0 Å². The van der Waals surface area contributed by atoms with Crippen molar-refractivity contribution in [2.75, 3.05) is 0 Å². The van der Waals surface area contributed by atoms with Crippen LogP contribution in [0.25, 0.3) is 0 Å². The number of benzene rings is 1. The largest absolute Gasteiger partial charge is 0.326 e. The number of halogens is 1. The highest BCUT2D eigenvalue weighted by Crippen LogP contribution is 2.14. The number of nitrogens with zero attached hydrogens (tertiary/aromatic N) is 1. The molecule has 1 rings (SSSR count). The molecule has 0 aliphatic rings. The van der Waals surface area contributed by atoms with E-state index in [1.807, 2.05) is 4.72 Å². The van der Waals surface area contributed by atoms with Crippen molar-refractivity contribution in [3.63, 3.8) is 0 Å². The lowest BCUT2D eigenvalue weighted by Crippen LogP contribution is -2.18. The predicted molar refractivity (Wildman–Crippen MR) is 56.6 cm³/mol. The van der Waals surface area contributed by atoms with E-state index >= 15 is 0 Å². The smallest absolute Gasteiger partial charge is 0.189 e. The van der Waals surface area contributed by atoms with Crippen molar-refractivity contribution in [3.8, 4) is 6.19 Å². The average molecular weight is 227 g/mol. The molecule has 1 aromatic carbocycles. The minimum atomic E-state index is -2.95. The van der Waals surface area contributed by atoms with Crippen molar-refractivity contribution >= 4 is 15.6 Å². The van der Waals surface area contributed by atoms with Gasteiger partial charge in [-0.05, 0) is 18.0 Å². The third-order valence-corrected chi connectivity index (χ3v) is 3.27. The molecule has 0 aromatic heterocycles. The van der Waals surface area contributed by atoms with Crippen LogP contribution in [0.1, 0.15) is 5.56 Å². The van der Waals surface area contributed by atoms with Gasteiger partial charge in [0.15, 0.2) is 6.19 Å². The lowest BCUT2D eigenvalue weighted by Gasteiger charge is -2.08. The van der Waals surface area contributed by atoms with Gasteiger partial charge in [-0.3, -0.25) is 0 Å². The molecule has 6 heteroatoms. The van der Waals surface area contributed by atoms with Crippen molar-refractivity contribution in [3.05, 3.63) is 29.6 Å². The minimum absolute atomic E-state index is 0.0656. The summed E-state index contributed by atoms with van der Waals surface area (Å²) in [6, 6.07) is 3.93. The summed E-state index contributed by atoms with van der Waals surface area (Å²) in [4.78, 5) is 0.138. The van der Waals surface area contributed by atoms with Crippen LogP contribution in [0.2, 0.25) is 0 Å². The van der Waals surface area contributed by atoms with Gasteiger partial charge in [0.2, 0.25) is 0 Å². The number of hydrogen-bond acceptors (Lipinski definition) is 3. The fourth-order valence-electron chi connectivity index (χ4n) is 1.03. The zero-order valence-corrected chi connectivity index (χ0v) is 8.68. The predicted octanol–water partition coefficient (Wildman–Crippen LogP) is 0.345. The highest BCUT2D eigenvalue weighted by molar-refractivity contribution is 7.98. The summed E-state index contributed by atoms with van der Waals surface area (Å²) in [6.07, 6.45) is 1.52. The van der Waals surface area contributed by atoms with Crippen LogP contribution in [-0.2, 0) is 16.3 Å². The summed E-state index contributed by atoms with van der Waals surface area (Å²) in [7, 11) is -2.95. The molecule has 0 spiro atoms. The van der Waals surface area contributed by atoms with Gasteiger partial charge in [0, 0.05) is 12.1 Å². The maximum atomic E-state index is 13.3. The molecule has 0 aliphatic carbocycles. The summed E-state index contributed by atoms with van der Waals surface area (Å²) in [5, 5.41) is 8.34. The molecule has 0 saturated heterocycles. The van der Waals surface area contributed by atoms with Crippen LogP contribution in [0, 0.1) is 17.3 Å². The van der Waals surface area contributed by atoms with E-state index in [1.54, 1.807) is 0 Å². The van der Waals surface area contributed by atoms with Gasteiger partial charge in [-0.25, -0.2) is 13.3 Å². The Morgan fingerprint density at radius 3 is 2.80 bits per heavy atom. The second-order valence-corrected chi connectivity index (χ2v) is 4.87. The molecular weight excluding hydrogens is 217 g/mol. The first-order valence-electron chi connectivity index (χ1n) is 4.03. The molecule has 0 bridgehead atoms. The first-order valence-corrected chi connectivity index (χ1v) is 5.75. The maximum absolute atomic E-state index is 13.3. The van der Waals surface area contributed by atoms with Crippen LogP contribution in [-0.4, -0.2) is 10.1 Å².